The molecule has 174 valence electrons. The van der Waals surface area contributed by atoms with Crippen molar-refractivity contribution in [1.82, 2.24) is 15.4 Å². The second-order valence-electron chi connectivity index (χ2n) is 8.19. The van der Waals surface area contributed by atoms with Gasteiger partial charge in [-0.1, -0.05) is 6.07 Å². The summed E-state index contributed by atoms with van der Waals surface area (Å²) in [6, 6.07) is 3.55. The number of anilines is 2. The second kappa shape index (κ2) is 9.62. The maximum absolute atomic E-state index is 15.2. The van der Waals surface area contributed by atoms with Crippen molar-refractivity contribution in [3.8, 4) is 11.3 Å². The predicted molar refractivity (Wildman–Crippen MR) is 126 cm³/mol. The fraction of sp³-hybridized carbons (Fsp3) is 0.435. The number of halogens is 1. The first-order valence-corrected chi connectivity index (χ1v) is 10.9. The molecule has 2 aliphatic rings. The van der Waals surface area contributed by atoms with Crippen LogP contribution in [0.3, 0.4) is 0 Å². The van der Waals surface area contributed by atoms with Gasteiger partial charge in [-0.05, 0) is 51.0 Å². The molecular formula is C23H28FN7O2. The van der Waals surface area contributed by atoms with Gasteiger partial charge >= 0.3 is 0 Å². The minimum Gasteiger partial charge on any atom is -0.381 e. The Hall–Kier alpha value is -3.40. The number of hydrazone groups is 1. The first-order valence-electron chi connectivity index (χ1n) is 10.9. The second-order valence-corrected chi connectivity index (χ2v) is 8.19. The topological polar surface area (TPSA) is 104 Å². The molecule has 1 saturated carbocycles. The molecular weight excluding hydrogens is 425 g/mol. The molecule has 2 N–H and O–H groups in total. The lowest BCUT2D eigenvalue weighted by Gasteiger charge is -2.39. The Morgan fingerprint density at radius 2 is 2.09 bits per heavy atom. The summed E-state index contributed by atoms with van der Waals surface area (Å²) in [5, 5.41) is 6.77. The van der Waals surface area contributed by atoms with E-state index in [1.165, 1.54) is 0 Å². The highest BCUT2D eigenvalue weighted by molar-refractivity contribution is 6.02. The summed E-state index contributed by atoms with van der Waals surface area (Å²) in [5.41, 5.74) is 4.40. The number of amides is 1. The molecule has 0 radical (unpaired) electrons. The van der Waals surface area contributed by atoms with Crippen LogP contribution in [0.2, 0.25) is 0 Å². The van der Waals surface area contributed by atoms with Crippen LogP contribution in [0.1, 0.15) is 36.8 Å². The fourth-order valence-electron chi connectivity index (χ4n) is 4.52. The van der Waals surface area contributed by atoms with E-state index in [0.717, 1.165) is 25.7 Å². The molecule has 1 amide bonds. The number of rotatable bonds is 5. The number of ether oxygens (including phenoxy) is 1. The molecule has 2 heterocycles. The standard InChI is InChI=1S/C23H28FN7O2/c1-13-16(9-10-17(20(13)24)21(25-2)30-26-3)18-11-27-22-23(28-18)31(12-19(32)29-22)14-5-7-15(33-4)8-6-14/h9-11,14-15,26H,2,5-8,12H2,1,3-4H3,(H,27,29,32)/b30-21-/t14-,15-. The average molecular weight is 454 g/mol. The number of hydrogen-bond donors (Lipinski definition) is 2. The van der Waals surface area contributed by atoms with Crippen LogP contribution in [0, 0.1) is 12.7 Å². The van der Waals surface area contributed by atoms with E-state index < -0.39 is 5.82 Å². The Kier molecular flexibility index (Phi) is 6.64. The monoisotopic (exact) mass is 453 g/mol. The van der Waals surface area contributed by atoms with Crippen LogP contribution in [0.15, 0.2) is 28.4 Å². The number of nitrogens with one attached hydrogen (secondary N) is 2. The quantitative estimate of drug-likeness (QED) is 0.410. The van der Waals surface area contributed by atoms with Crippen molar-refractivity contribution >= 4 is 30.1 Å². The van der Waals surface area contributed by atoms with E-state index in [1.54, 1.807) is 39.4 Å². The minimum atomic E-state index is -0.448. The lowest BCUT2D eigenvalue weighted by atomic mass is 9.91. The number of hydrogen-bond acceptors (Lipinski definition) is 7. The van der Waals surface area contributed by atoms with Gasteiger partial charge < -0.3 is 20.4 Å². The maximum Gasteiger partial charge on any atom is 0.245 e. The Labute approximate surface area is 192 Å². The number of carbonyl (C=O) groups is 1. The molecule has 0 saturated heterocycles. The summed E-state index contributed by atoms with van der Waals surface area (Å²) in [7, 11) is 3.34. The van der Waals surface area contributed by atoms with E-state index in [0.29, 0.717) is 28.5 Å². The molecule has 4 rings (SSSR count). The normalized spacial score (nSPS) is 20.8. The molecule has 1 aliphatic heterocycles. The van der Waals surface area contributed by atoms with Gasteiger partial charge in [-0.25, -0.2) is 19.4 Å². The van der Waals surface area contributed by atoms with Crippen molar-refractivity contribution in [3.63, 3.8) is 0 Å². The third-order valence-electron chi connectivity index (χ3n) is 6.29. The van der Waals surface area contributed by atoms with Gasteiger partial charge in [0, 0.05) is 25.8 Å². The van der Waals surface area contributed by atoms with Crippen LogP contribution >= 0.6 is 0 Å². The van der Waals surface area contributed by atoms with Gasteiger partial charge in [-0.3, -0.25) is 4.79 Å². The van der Waals surface area contributed by atoms with E-state index in [4.69, 9.17) is 9.72 Å². The molecule has 2 aromatic rings. The van der Waals surface area contributed by atoms with Crippen molar-refractivity contribution in [3.05, 3.63) is 35.3 Å². The third kappa shape index (κ3) is 4.43. The lowest BCUT2D eigenvalue weighted by Crippen LogP contribution is -2.47. The summed E-state index contributed by atoms with van der Waals surface area (Å²) in [5.74, 6) is 0.649. The summed E-state index contributed by atoms with van der Waals surface area (Å²) < 4.78 is 20.7. The summed E-state index contributed by atoms with van der Waals surface area (Å²) in [4.78, 5) is 27.4. The molecule has 10 heteroatoms. The molecule has 0 bridgehead atoms. The van der Waals surface area contributed by atoms with Gasteiger partial charge in [0.05, 0.1) is 30.1 Å². The van der Waals surface area contributed by atoms with Crippen LogP contribution in [-0.4, -0.2) is 61.3 Å². The first kappa shape index (κ1) is 22.8. The van der Waals surface area contributed by atoms with Gasteiger partial charge in [0.2, 0.25) is 5.91 Å². The van der Waals surface area contributed by atoms with E-state index in [9.17, 15) is 4.79 Å². The van der Waals surface area contributed by atoms with Crippen LogP contribution in [0.5, 0.6) is 0 Å². The van der Waals surface area contributed by atoms with E-state index >= 15 is 4.39 Å². The van der Waals surface area contributed by atoms with Crippen molar-refractivity contribution in [2.45, 2.75) is 44.8 Å². The number of fused-ring (bicyclic) bond motifs is 1. The van der Waals surface area contributed by atoms with Gasteiger partial charge in [0.25, 0.3) is 0 Å². The average Bonchev–Trinajstić information content (AvgIpc) is 2.84. The number of aliphatic imine (C=N–C) groups is 1. The summed E-state index contributed by atoms with van der Waals surface area (Å²) in [6.07, 6.45) is 5.48. The molecule has 0 unspecified atom stereocenters. The van der Waals surface area contributed by atoms with Crippen LogP contribution in [-0.2, 0) is 9.53 Å². The largest absolute Gasteiger partial charge is 0.381 e. The van der Waals surface area contributed by atoms with E-state index in [2.05, 4.69) is 32.5 Å². The SMILES string of the molecule is C=N/C(=N\NC)c1ccc(-c2cnc3c(n2)N([C@H]2CC[C@H](OC)CC2)CC(=O)N3)c(C)c1F. The molecule has 0 spiro atoms. The molecule has 0 atom stereocenters. The lowest BCUT2D eigenvalue weighted by molar-refractivity contribution is -0.115. The number of amidine groups is 1. The first-order chi connectivity index (χ1) is 16.0. The maximum atomic E-state index is 15.2. The fourth-order valence-corrected chi connectivity index (χ4v) is 4.52. The number of carbonyl (C=O) groups excluding carboxylic acids is 1. The molecule has 9 nitrogen and oxygen atoms in total. The Morgan fingerprint density at radius 1 is 1.33 bits per heavy atom. The molecule has 33 heavy (non-hydrogen) atoms. The summed E-state index contributed by atoms with van der Waals surface area (Å²) >= 11 is 0. The molecule has 1 aliphatic carbocycles. The van der Waals surface area contributed by atoms with Crippen LogP contribution in [0.4, 0.5) is 16.0 Å². The Balaban J connectivity index is 1.70. The number of aromatic nitrogens is 2. The van der Waals surface area contributed by atoms with Crippen molar-refractivity contribution in [2.75, 3.05) is 30.9 Å². The van der Waals surface area contributed by atoms with Crippen molar-refractivity contribution < 1.29 is 13.9 Å². The van der Waals surface area contributed by atoms with E-state index in [1.807, 2.05) is 4.90 Å². The van der Waals surface area contributed by atoms with Crippen LogP contribution < -0.4 is 15.6 Å². The highest BCUT2D eigenvalue weighted by Crippen LogP contribution is 2.35. The zero-order valence-corrected chi connectivity index (χ0v) is 19.1. The van der Waals surface area contributed by atoms with Crippen molar-refractivity contribution in [1.29, 1.82) is 0 Å². The molecule has 1 fully saturated rings. The predicted octanol–water partition coefficient (Wildman–Crippen LogP) is 2.89. The Bertz CT molecular complexity index is 1100. The third-order valence-corrected chi connectivity index (χ3v) is 6.29. The van der Waals surface area contributed by atoms with E-state index in [-0.39, 0.29) is 36.0 Å². The number of benzene rings is 1. The molecule has 1 aromatic heterocycles. The van der Waals surface area contributed by atoms with Crippen LogP contribution in [0.25, 0.3) is 11.3 Å². The number of nitrogens with zero attached hydrogens (tertiary/aromatic N) is 5. The highest BCUT2D eigenvalue weighted by Gasteiger charge is 2.33. The number of methoxy groups -OCH3 is 1. The minimum absolute atomic E-state index is 0.113. The Morgan fingerprint density at radius 3 is 2.76 bits per heavy atom. The smallest absolute Gasteiger partial charge is 0.245 e. The van der Waals surface area contributed by atoms with Gasteiger partial charge in [-0.15, -0.1) is 0 Å². The van der Waals surface area contributed by atoms with Crippen molar-refractivity contribution in [2.24, 2.45) is 10.1 Å². The summed E-state index contributed by atoms with van der Waals surface area (Å²) in [6.45, 7) is 5.37. The zero-order valence-electron chi connectivity index (χ0n) is 19.1. The highest BCUT2D eigenvalue weighted by atomic mass is 19.1. The zero-order chi connectivity index (χ0) is 23.5. The van der Waals surface area contributed by atoms with Gasteiger partial charge in [0.1, 0.15) is 5.82 Å². The molecule has 1 aromatic carbocycles. The van der Waals surface area contributed by atoms with Gasteiger partial charge in [0.15, 0.2) is 17.5 Å². The van der Waals surface area contributed by atoms with Gasteiger partial charge in [-0.2, -0.15) is 5.10 Å².